The molecule has 7 heteroatoms. The summed E-state index contributed by atoms with van der Waals surface area (Å²) in [6.07, 6.45) is 2.56. The van der Waals surface area contributed by atoms with Crippen molar-refractivity contribution in [1.82, 2.24) is 10.2 Å². The first-order valence-electron chi connectivity index (χ1n) is 7.60. The summed E-state index contributed by atoms with van der Waals surface area (Å²) in [5.41, 5.74) is 0. The van der Waals surface area contributed by atoms with Crippen LogP contribution in [0.4, 0.5) is 0 Å². The van der Waals surface area contributed by atoms with Crippen LogP contribution in [-0.2, 0) is 14.6 Å². The average molecular weight is 341 g/mol. The Kier molecular flexibility index (Phi) is 9.49. The summed E-state index contributed by atoms with van der Waals surface area (Å²) in [5.74, 6) is 0.871. The quantitative estimate of drug-likeness (QED) is 0.726. The smallest absolute Gasteiger partial charge is 0.222 e. The van der Waals surface area contributed by atoms with E-state index in [1.54, 1.807) is 11.8 Å². The summed E-state index contributed by atoms with van der Waals surface area (Å²) < 4.78 is 23.3. The van der Waals surface area contributed by atoms with E-state index in [2.05, 4.69) is 5.32 Å². The van der Waals surface area contributed by atoms with Crippen LogP contribution in [-0.4, -0.2) is 56.4 Å². The number of nitrogens with one attached hydrogen (secondary N) is 1. The van der Waals surface area contributed by atoms with Gasteiger partial charge in [0.1, 0.15) is 0 Å². The Labute approximate surface area is 135 Å². The Morgan fingerprint density at radius 1 is 1.38 bits per heavy atom. The van der Waals surface area contributed by atoms with E-state index in [0.717, 1.165) is 25.9 Å². The highest BCUT2D eigenvalue weighted by atomic mass is 35.5. The Bertz CT molecular complexity index is 408. The summed E-state index contributed by atoms with van der Waals surface area (Å²) in [5, 5.41) is 3.30. The summed E-state index contributed by atoms with van der Waals surface area (Å²) in [7, 11) is -3.04. The second-order valence-corrected chi connectivity index (χ2v) is 8.02. The Balaban J connectivity index is 0.00000400. The lowest BCUT2D eigenvalue weighted by Crippen LogP contribution is -2.42. The molecule has 21 heavy (non-hydrogen) atoms. The Hall–Kier alpha value is -0.330. The predicted octanol–water partition coefficient (Wildman–Crippen LogP) is 1.47. The fourth-order valence-electron chi connectivity index (χ4n) is 2.74. The van der Waals surface area contributed by atoms with Crippen LogP contribution < -0.4 is 5.32 Å². The first-order valence-corrected chi connectivity index (χ1v) is 9.42. The van der Waals surface area contributed by atoms with Crippen LogP contribution in [0.2, 0.25) is 0 Å². The first-order chi connectivity index (χ1) is 9.39. The molecule has 1 heterocycles. The molecule has 5 nitrogen and oxygen atoms in total. The van der Waals surface area contributed by atoms with E-state index < -0.39 is 9.84 Å². The van der Waals surface area contributed by atoms with Gasteiger partial charge in [0.15, 0.2) is 9.84 Å². The monoisotopic (exact) mass is 340 g/mol. The maximum atomic E-state index is 12.3. The highest BCUT2D eigenvalue weighted by Gasteiger charge is 2.24. The molecule has 2 atom stereocenters. The van der Waals surface area contributed by atoms with Gasteiger partial charge in [-0.25, -0.2) is 8.42 Å². The molecule has 1 fully saturated rings. The molecule has 1 N–H and O–H groups in total. The minimum atomic E-state index is -3.04. The van der Waals surface area contributed by atoms with E-state index in [0.29, 0.717) is 18.9 Å². The molecule has 2 unspecified atom stereocenters. The minimum Gasteiger partial charge on any atom is -0.339 e. The molecule has 1 aliphatic rings. The molecule has 0 spiro atoms. The van der Waals surface area contributed by atoms with Gasteiger partial charge in [-0.2, -0.15) is 0 Å². The molecule has 1 rings (SSSR count). The zero-order valence-corrected chi connectivity index (χ0v) is 14.9. The lowest BCUT2D eigenvalue weighted by molar-refractivity contribution is -0.132. The van der Waals surface area contributed by atoms with Gasteiger partial charge in [0, 0.05) is 24.8 Å². The van der Waals surface area contributed by atoms with Crippen LogP contribution in [0.25, 0.3) is 0 Å². The van der Waals surface area contributed by atoms with Gasteiger partial charge in [0.25, 0.3) is 0 Å². The number of nitrogens with zero attached hydrogens (tertiary/aromatic N) is 1. The number of carbonyl (C=O) groups excluding carboxylic acids is 1. The molecule has 1 amide bonds. The second-order valence-electron chi connectivity index (χ2n) is 5.63. The first kappa shape index (κ1) is 20.7. The van der Waals surface area contributed by atoms with E-state index in [-0.39, 0.29) is 35.9 Å². The van der Waals surface area contributed by atoms with Crippen molar-refractivity contribution < 1.29 is 13.2 Å². The van der Waals surface area contributed by atoms with Gasteiger partial charge in [0.2, 0.25) is 5.91 Å². The molecule has 0 aliphatic carbocycles. The van der Waals surface area contributed by atoms with Crippen molar-refractivity contribution in [3.05, 3.63) is 0 Å². The molecular formula is C14H29ClN2O3S. The van der Waals surface area contributed by atoms with Gasteiger partial charge in [0.05, 0.1) is 5.75 Å². The molecule has 1 aliphatic heterocycles. The van der Waals surface area contributed by atoms with Crippen molar-refractivity contribution in [1.29, 1.82) is 0 Å². The number of halogens is 1. The van der Waals surface area contributed by atoms with E-state index >= 15 is 0 Å². The molecule has 0 aromatic carbocycles. The SMILES string of the molecule is CCN(C(=O)CCC1CCNC1)C(C)CS(=O)(=O)CC.Cl. The molecular weight excluding hydrogens is 312 g/mol. The van der Waals surface area contributed by atoms with Crippen molar-refractivity contribution in [3.8, 4) is 0 Å². The lowest BCUT2D eigenvalue weighted by Gasteiger charge is -2.28. The van der Waals surface area contributed by atoms with E-state index in [9.17, 15) is 13.2 Å². The van der Waals surface area contributed by atoms with Gasteiger partial charge in [-0.3, -0.25) is 4.79 Å². The number of amides is 1. The van der Waals surface area contributed by atoms with E-state index in [1.807, 2.05) is 13.8 Å². The fraction of sp³-hybridized carbons (Fsp3) is 0.929. The average Bonchev–Trinajstić information content (AvgIpc) is 2.89. The predicted molar refractivity (Wildman–Crippen MR) is 88.6 cm³/mol. The van der Waals surface area contributed by atoms with Crippen molar-refractivity contribution in [3.63, 3.8) is 0 Å². The van der Waals surface area contributed by atoms with Gasteiger partial charge in [-0.15, -0.1) is 12.4 Å². The van der Waals surface area contributed by atoms with E-state index in [4.69, 9.17) is 0 Å². The van der Waals surface area contributed by atoms with Gasteiger partial charge in [-0.1, -0.05) is 6.92 Å². The molecule has 0 saturated carbocycles. The topological polar surface area (TPSA) is 66.5 Å². The van der Waals surface area contributed by atoms with Gasteiger partial charge >= 0.3 is 0 Å². The van der Waals surface area contributed by atoms with Crippen molar-refractivity contribution in [2.75, 3.05) is 31.1 Å². The molecule has 0 aromatic heterocycles. The third-order valence-corrected chi connectivity index (χ3v) is 5.93. The second kappa shape index (κ2) is 9.64. The number of rotatable bonds is 8. The summed E-state index contributed by atoms with van der Waals surface area (Å²) >= 11 is 0. The fourth-order valence-corrected chi connectivity index (χ4v) is 3.89. The van der Waals surface area contributed by atoms with Crippen LogP contribution >= 0.6 is 12.4 Å². The van der Waals surface area contributed by atoms with Crippen molar-refractivity contribution in [2.24, 2.45) is 5.92 Å². The maximum absolute atomic E-state index is 12.3. The van der Waals surface area contributed by atoms with Gasteiger partial charge in [-0.05, 0) is 45.7 Å². The van der Waals surface area contributed by atoms with Crippen molar-refractivity contribution in [2.45, 2.75) is 46.1 Å². The van der Waals surface area contributed by atoms with Crippen LogP contribution in [0.1, 0.15) is 40.0 Å². The number of carbonyl (C=O) groups is 1. The van der Waals surface area contributed by atoms with Crippen LogP contribution in [0, 0.1) is 5.92 Å². The summed E-state index contributed by atoms with van der Waals surface area (Å²) in [6, 6.07) is -0.237. The Morgan fingerprint density at radius 2 is 2.05 bits per heavy atom. The van der Waals surface area contributed by atoms with Crippen LogP contribution in [0.5, 0.6) is 0 Å². The highest BCUT2D eigenvalue weighted by Crippen LogP contribution is 2.16. The number of hydrogen-bond donors (Lipinski definition) is 1. The van der Waals surface area contributed by atoms with Crippen molar-refractivity contribution >= 4 is 28.2 Å². The standard InChI is InChI=1S/C14H28N2O3S.ClH/c1-4-16(12(3)11-20(18,19)5-2)14(17)7-6-13-8-9-15-10-13;/h12-13,15H,4-11H2,1-3H3;1H. The number of hydrogen-bond acceptors (Lipinski definition) is 4. The highest BCUT2D eigenvalue weighted by molar-refractivity contribution is 7.91. The summed E-state index contributed by atoms with van der Waals surface area (Å²) in [6.45, 7) is 7.99. The third kappa shape index (κ3) is 6.98. The molecule has 0 bridgehead atoms. The zero-order chi connectivity index (χ0) is 15.2. The Morgan fingerprint density at radius 3 is 2.52 bits per heavy atom. The minimum absolute atomic E-state index is 0. The normalized spacial score (nSPS) is 19.9. The number of sulfone groups is 1. The largest absolute Gasteiger partial charge is 0.339 e. The molecule has 0 aromatic rings. The van der Waals surface area contributed by atoms with Gasteiger partial charge < -0.3 is 10.2 Å². The molecule has 126 valence electrons. The summed E-state index contributed by atoms with van der Waals surface area (Å²) in [4.78, 5) is 14.0. The third-order valence-electron chi connectivity index (χ3n) is 4.06. The molecule has 0 radical (unpaired) electrons. The molecule has 1 saturated heterocycles. The lowest BCUT2D eigenvalue weighted by atomic mass is 10.0. The van der Waals surface area contributed by atoms with Crippen LogP contribution in [0.3, 0.4) is 0 Å². The zero-order valence-electron chi connectivity index (χ0n) is 13.3. The maximum Gasteiger partial charge on any atom is 0.222 e. The van der Waals surface area contributed by atoms with Crippen LogP contribution in [0.15, 0.2) is 0 Å². The van der Waals surface area contributed by atoms with E-state index in [1.165, 1.54) is 0 Å².